The van der Waals surface area contributed by atoms with Crippen LogP contribution in [0.4, 0.5) is 4.39 Å². The van der Waals surface area contributed by atoms with Crippen molar-refractivity contribution >= 4 is 21.6 Å². The lowest BCUT2D eigenvalue weighted by Crippen LogP contribution is -2.33. The number of rotatable bonds is 6. The van der Waals surface area contributed by atoms with Crippen LogP contribution >= 0.6 is 11.6 Å². The number of sulfonamides is 1. The lowest BCUT2D eigenvalue weighted by Gasteiger charge is -2.21. The van der Waals surface area contributed by atoms with Crippen molar-refractivity contribution in [3.63, 3.8) is 0 Å². The average molecular weight is 306 g/mol. The molecule has 1 saturated carbocycles. The molecule has 0 aromatic heterocycles. The van der Waals surface area contributed by atoms with E-state index in [0.717, 1.165) is 25.3 Å². The van der Waals surface area contributed by atoms with Gasteiger partial charge in [0.1, 0.15) is 5.82 Å². The zero-order valence-electron chi connectivity index (χ0n) is 10.8. The molecular formula is C13H17ClFNO2S. The number of halogens is 2. The second-order valence-corrected chi connectivity index (χ2v) is 7.23. The van der Waals surface area contributed by atoms with Gasteiger partial charge in [0.05, 0.1) is 9.92 Å². The van der Waals surface area contributed by atoms with Crippen LogP contribution in [0.3, 0.4) is 0 Å². The minimum absolute atomic E-state index is 0.0630. The van der Waals surface area contributed by atoms with Gasteiger partial charge < -0.3 is 0 Å². The SMILES string of the molecule is CCCN(CC1CC1)S(=O)(=O)c1ccc(F)c(Cl)c1. The highest BCUT2D eigenvalue weighted by Gasteiger charge is 2.31. The van der Waals surface area contributed by atoms with Crippen LogP contribution < -0.4 is 0 Å². The zero-order valence-corrected chi connectivity index (χ0v) is 12.3. The molecule has 0 N–H and O–H groups in total. The van der Waals surface area contributed by atoms with E-state index in [4.69, 9.17) is 11.6 Å². The molecule has 0 bridgehead atoms. The van der Waals surface area contributed by atoms with Gasteiger partial charge >= 0.3 is 0 Å². The fraction of sp³-hybridized carbons (Fsp3) is 0.538. The first-order chi connectivity index (χ1) is 8.95. The van der Waals surface area contributed by atoms with Crippen LogP contribution in [0.2, 0.25) is 5.02 Å². The normalized spacial score (nSPS) is 16.0. The molecule has 0 heterocycles. The molecule has 0 atom stereocenters. The molecule has 1 aromatic carbocycles. The van der Waals surface area contributed by atoms with E-state index < -0.39 is 15.8 Å². The molecule has 1 aromatic rings. The highest BCUT2D eigenvalue weighted by Crippen LogP contribution is 2.32. The summed E-state index contributed by atoms with van der Waals surface area (Å²) in [6.07, 6.45) is 2.92. The first kappa shape index (κ1) is 14.8. The van der Waals surface area contributed by atoms with Gasteiger partial charge in [-0.3, -0.25) is 0 Å². The number of hydrogen-bond donors (Lipinski definition) is 0. The van der Waals surface area contributed by atoms with Gasteiger partial charge in [0, 0.05) is 13.1 Å². The van der Waals surface area contributed by atoms with Crippen molar-refractivity contribution in [3.8, 4) is 0 Å². The third kappa shape index (κ3) is 3.46. The second kappa shape index (κ2) is 5.77. The van der Waals surface area contributed by atoms with E-state index in [0.29, 0.717) is 19.0 Å². The Balaban J connectivity index is 2.28. The minimum Gasteiger partial charge on any atom is -0.207 e. The largest absolute Gasteiger partial charge is 0.243 e. The molecule has 0 radical (unpaired) electrons. The van der Waals surface area contributed by atoms with Crippen molar-refractivity contribution in [2.45, 2.75) is 31.1 Å². The third-order valence-electron chi connectivity index (χ3n) is 3.16. The minimum atomic E-state index is -3.58. The molecule has 106 valence electrons. The lowest BCUT2D eigenvalue weighted by atomic mass is 10.3. The van der Waals surface area contributed by atoms with Crippen LogP contribution in [0.25, 0.3) is 0 Å². The van der Waals surface area contributed by atoms with Gasteiger partial charge in [0.25, 0.3) is 0 Å². The van der Waals surface area contributed by atoms with Crippen molar-refractivity contribution < 1.29 is 12.8 Å². The summed E-state index contributed by atoms with van der Waals surface area (Å²) in [5.41, 5.74) is 0. The molecule has 3 nitrogen and oxygen atoms in total. The predicted molar refractivity (Wildman–Crippen MR) is 73.2 cm³/mol. The van der Waals surface area contributed by atoms with Gasteiger partial charge in [0.15, 0.2) is 0 Å². The Hall–Kier alpha value is -0.650. The number of benzene rings is 1. The van der Waals surface area contributed by atoms with E-state index in [1.165, 1.54) is 16.4 Å². The van der Waals surface area contributed by atoms with E-state index in [9.17, 15) is 12.8 Å². The first-order valence-electron chi connectivity index (χ1n) is 6.40. The number of nitrogens with zero attached hydrogens (tertiary/aromatic N) is 1. The Kier molecular flexibility index (Phi) is 4.48. The van der Waals surface area contributed by atoms with E-state index >= 15 is 0 Å². The van der Waals surface area contributed by atoms with Crippen LogP contribution in [0.1, 0.15) is 26.2 Å². The average Bonchev–Trinajstić information content (AvgIpc) is 3.16. The van der Waals surface area contributed by atoms with Crippen molar-refractivity contribution in [1.82, 2.24) is 4.31 Å². The molecule has 2 rings (SSSR count). The van der Waals surface area contributed by atoms with Gasteiger partial charge in [-0.2, -0.15) is 4.31 Å². The van der Waals surface area contributed by atoms with Crippen LogP contribution in [-0.2, 0) is 10.0 Å². The number of hydrogen-bond acceptors (Lipinski definition) is 2. The Morgan fingerprint density at radius 1 is 1.42 bits per heavy atom. The predicted octanol–water partition coefficient (Wildman–Crippen LogP) is 3.29. The quantitative estimate of drug-likeness (QED) is 0.809. The van der Waals surface area contributed by atoms with Gasteiger partial charge in [0.2, 0.25) is 10.0 Å². The summed E-state index contributed by atoms with van der Waals surface area (Å²) in [6.45, 7) is 2.96. The molecule has 0 unspecified atom stereocenters. The molecule has 1 aliphatic carbocycles. The van der Waals surface area contributed by atoms with Crippen LogP contribution in [0.15, 0.2) is 23.1 Å². The molecule has 1 aliphatic rings. The van der Waals surface area contributed by atoms with Gasteiger partial charge in [-0.25, -0.2) is 12.8 Å². The van der Waals surface area contributed by atoms with Crippen LogP contribution in [0.5, 0.6) is 0 Å². The summed E-state index contributed by atoms with van der Waals surface area (Å²) in [5, 5.41) is -0.163. The summed E-state index contributed by atoms with van der Waals surface area (Å²) in [6, 6.07) is 3.55. The van der Waals surface area contributed by atoms with Gasteiger partial charge in [-0.1, -0.05) is 18.5 Å². The molecule has 19 heavy (non-hydrogen) atoms. The lowest BCUT2D eigenvalue weighted by molar-refractivity contribution is 0.395. The van der Waals surface area contributed by atoms with Gasteiger partial charge in [-0.15, -0.1) is 0 Å². The Morgan fingerprint density at radius 3 is 2.63 bits per heavy atom. The van der Waals surface area contributed by atoms with Crippen LogP contribution in [-0.4, -0.2) is 25.8 Å². The van der Waals surface area contributed by atoms with Crippen molar-refractivity contribution in [2.24, 2.45) is 5.92 Å². The standard InChI is InChI=1S/C13H17ClFNO2S/c1-2-7-16(9-10-3-4-10)19(17,18)11-5-6-13(15)12(14)8-11/h5-6,8,10H,2-4,7,9H2,1H3. The van der Waals surface area contributed by atoms with Crippen molar-refractivity contribution in [2.75, 3.05) is 13.1 Å². The fourth-order valence-electron chi connectivity index (χ4n) is 1.93. The maximum Gasteiger partial charge on any atom is 0.243 e. The second-order valence-electron chi connectivity index (χ2n) is 4.88. The molecule has 0 amide bonds. The van der Waals surface area contributed by atoms with E-state index in [1.54, 1.807) is 0 Å². The zero-order chi connectivity index (χ0) is 14.0. The highest BCUT2D eigenvalue weighted by molar-refractivity contribution is 7.89. The Bertz CT molecular complexity index is 558. The van der Waals surface area contributed by atoms with Gasteiger partial charge in [-0.05, 0) is 43.4 Å². The third-order valence-corrected chi connectivity index (χ3v) is 5.31. The van der Waals surface area contributed by atoms with Crippen molar-refractivity contribution in [3.05, 3.63) is 29.0 Å². The molecule has 0 aliphatic heterocycles. The van der Waals surface area contributed by atoms with E-state index in [-0.39, 0.29) is 9.92 Å². The maximum absolute atomic E-state index is 13.1. The maximum atomic E-state index is 13.1. The van der Waals surface area contributed by atoms with E-state index in [2.05, 4.69) is 0 Å². The Labute approximate surface area is 118 Å². The molecular weight excluding hydrogens is 289 g/mol. The topological polar surface area (TPSA) is 37.4 Å². The summed E-state index contributed by atoms with van der Waals surface area (Å²) in [4.78, 5) is 0.0630. The summed E-state index contributed by atoms with van der Waals surface area (Å²) < 4.78 is 39.6. The molecule has 0 spiro atoms. The molecule has 0 saturated heterocycles. The highest BCUT2D eigenvalue weighted by atomic mass is 35.5. The Morgan fingerprint density at radius 2 is 2.11 bits per heavy atom. The molecule has 1 fully saturated rings. The summed E-state index contributed by atoms with van der Waals surface area (Å²) in [5.74, 6) is -0.137. The van der Waals surface area contributed by atoms with Crippen molar-refractivity contribution in [1.29, 1.82) is 0 Å². The fourth-order valence-corrected chi connectivity index (χ4v) is 3.81. The monoisotopic (exact) mass is 305 g/mol. The summed E-state index contributed by atoms with van der Waals surface area (Å²) >= 11 is 5.66. The van der Waals surface area contributed by atoms with Crippen LogP contribution in [0, 0.1) is 11.7 Å². The summed E-state index contributed by atoms with van der Waals surface area (Å²) in [7, 11) is -3.58. The van der Waals surface area contributed by atoms with E-state index in [1.807, 2.05) is 6.92 Å². The first-order valence-corrected chi connectivity index (χ1v) is 8.22. The molecule has 6 heteroatoms. The smallest absolute Gasteiger partial charge is 0.207 e.